The van der Waals surface area contributed by atoms with Gasteiger partial charge in [0.25, 0.3) is 0 Å². The van der Waals surface area contributed by atoms with Crippen molar-refractivity contribution in [2.45, 2.75) is 0 Å². The molecule has 0 unspecified atom stereocenters. The van der Waals surface area contributed by atoms with Crippen LogP contribution in [0.1, 0.15) is 0 Å². The normalized spacial score (nSPS) is 10.4. The average molecular weight is 198 g/mol. The molecule has 0 fully saturated rings. The Labute approximate surface area is 76.2 Å². The molecule has 4 nitrogen and oxygen atoms in total. The van der Waals surface area contributed by atoms with Crippen molar-refractivity contribution in [3.63, 3.8) is 0 Å². The smallest absolute Gasteiger partial charge is 0.296 e. The summed E-state index contributed by atoms with van der Waals surface area (Å²) in [6.45, 7) is 0. The highest BCUT2D eigenvalue weighted by atomic mass is 19.1. The van der Waals surface area contributed by atoms with E-state index < -0.39 is 17.4 Å². The summed E-state index contributed by atoms with van der Waals surface area (Å²) in [7, 11) is 0. The fraction of sp³-hybridized carbons (Fsp3) is 0. The lowest BCUT2D eigenvalue weighted by Gasteiger charge is -1.96. The van der Waals surface area contributed by atoms with Crippen LogP contribution in [0, 0.1) is 11.6 Å². The van der Waals surface area contributed by atoms with Gasteiger partial charge in [-0.3, -0.25) is 9.51 Å². The number of rotatable bonds is 1. The van der Waals surface area contributed by atoms with Crippen LogP contribution >= 0.6 is 0 Å². The largest absolute Gasteiger partial charge is 0.439 e. The average Bonchev–Trinajstić information content (AvgIpc) is 2.56. The van der Waals surface area contributed by atoms with Gasteiger partial charge in [-0.25, -0.2) is 13.6 Å². The molecular formula is C8H4F2N2O2. The van der Waals surface area contributed by atoms with E-state index in [1.165, 1.54) is 0 Å². The Kier molecular flexibility index (Phi) is 1.88. The van der Waals surface area contributed by atoms with Crippen molar-refractivity contribution in [3.05, 3.63) is 40.4 Å². The van der Waals surface area contributed by atoms with Crippen molar-refractivity contribution >= 4 is 0 Å². The van der Waals surface area contributed by atoms with E-state index in [-0.39, 0.29) is 11.4 Å². The Bertz CT molecular complexity index is 518. The van der Waals surface area contributed by atoms with Gasteiger partial charge in [0, 0.05) is 0 Å². The molecule has 1 aromatic carbocycles. The molecule has 0 bridgehead atoms. The third-order valence-electron chi connectivity index (χ3n) is 1.62. The lowest BCUT2D eigenvalue weighted by Crippen LogP contribution is -1.96. The predicted octanol–water partition coefficient (Wildman–Crippen LogP) is 1.31. The highest BCUT2D eigenvalue weighted by Gasteiger charge is 2.10. The number of H-pyrrole nitrogens is 1. The Hall–Kier alpha value is -1.98. The molecule has 72 valence electrons. The van der Waals surface area contributed by atoms with Crippen LogP contribution in [0.4, 0.5) is 8.78 Å². The number of hydrogen-bond donors (Lipinski definition) is 1. The van der Waals surface area contributed by atoms with Crippen LogP contribution < -0.4 is 5.76 Å². The van der Waals surface area contributed by atoms with Gasteiger partial charge >= 0.3 is 5.76 Å². The highest BCUT2D eigenvalue weighted by Crippen LogP contribution is 2.18. The van der Waals surface area contributed by atoms with E-state index in [4.69, 9.17) is 0 Å². The van der Waals surface area contributed by atoms with Crippen LogP contribution in [0.25, 0.3) is 11.4 Å². The predicted molar refractivity (Wildman–Crippen MR) is 42.5 cm³/mol. The quantitative estimate of drug-likeness (QED) is 0.751. The molecule has 0 saturated carbocycles. The van der Waals surface area contributed by atoms with Gasteiger partial charge < -0.3 is 0 Å². The van der Waals surface area contributed by atoms with E-state index >= 15 is 0 Å². The maximum atomic E-state index is 13.1. The molecule has 2 rings (SSSR count). The zero-order valence-corrected chi connectivity index (χ0v) is 6.75. The van der Waals surface area contributed by atoms with Crippen LogP contribution in [0.15, 0.2) is 27.5 Å². The fourth-order valence-electron chi connectivity index (χ4n) is 1.02. The third kappa shape index (κ3) is 1.41. The van der Waals surface area contributed by atoms with Crippen molar-refractivity contribution < 1.29 is 13.3 Å². The molecular weight excluding hydrogens is 194 g/mol. The fourth-order valence-corrected chi connectivity index (χ4v) is 1.02. The summed E-state index contributed by atoms with van der Waals surface area (Å²) in [6, 6.07) is 2.83. The molecule has 6 heteroatoms. The van der Waals surface area contributed by atoms with Gasteiger partial charge in [-0.1, -0.05) is 5.16 Å². The van der Waals surface area contributed by atoms with E-state index in [0.717, 1.165) is 18.2 Å². The van der Waals surface area contributed by atoms with Crippen molar-refractivity contribution in [2.24, 2.45) is 0 Å². The first-order valence-corrected chi connectivity index (χ1v) is 3.68. The van der Waals surface area contributed by atoms with Gasteiger partial charge in [0.2, 0.25) is 0 Å². The number of benzene rings is 1. The zero-order valence-electron chi connectivity index (χ0n) is 6.75. The standard InChI is InChI=1S/C8H4F2N2O2/c9-4-1-2-6(10)5(3-4)7-11-8(13)14-12-7/h1-3H,(H,11,12,13). The molecule has 0 spiro atoms. The van der Waals surface area contributed by atoms with Gasteiger partial charge in [-0.2, -0.15) is 0 Å². The van der Waals surface area contributed by atoms with Crippen molar-refractivity contribution in [3.8, 4) is 11.4 Å². The molecule has 0 aliphatic carbocycles. The summed E-state index contributed by atoms with van der Waals surface area (Å²) in [5.41, 5.74) is -0.143. The molecule has 1 heterocycles. The molecule has 0 aliphatic rings. The van der Waals surface area contributed by atoms with E-state index in [1.54, 1.807) is 0 Å². The first-order chi connectivity index (χ1) is 6.66. The van der Waals surface area contributed by atoms with Crippen LogP contribution in [-0.4, -0.2) is 10.1 Å². The van der Waals surface area contributed by atoms with Crippen molar-refractivity contribution in [2.75, 3.05) is 0 Å². The number of nitrogens with one attached hydrogen (secondary N) is 1. The van der Waals surface area contributed by atoms with E-state index in [9.17, 15) is 13.6 Å². The number of aromatic nitrogens is 2. The molecule has 0 aliphatic heterocycles. The molecule has 0 saturated heterocycles. The molecule has 1 aromatic heterocycles. The maximum absolute atomic E-state index is 13.1. The molecule has 1 N–H and O–H groups in total. The minimum absolute atomic E-state index is 0.132. The van der Waals surface area contributed by atoms with Gasteiger partial charge in [0.1, 0.15) is 11.6 Å². The van der Waals surface area contributed by atoms with Crippen LogP contribution in [-0.2, 0) is 0 Å². The molecule has 0 amide bonds. The van der Waals surface area contributed by atoms with Crippen LogP contribution in [0.3, 0.4) is 0 Å². The molecule has 0 radical (unpaired) electrons. The first kappa shape index (κ1) is 8.61. The monoisotopic (exact) mass is 198 g/mol. The summed E-state index contributed by atoms with van der Waals surface area (Å²) >= 11 is 0. The lowest BCUT2D eigenvalue weighted by molar-refractivity contribution is 0.387. The maximum Gasteiger partial charge on any atom is 0.439 e. The second-order valence-corrected chi connectivity index (χ2v) is 2.57. The number of nitrogens with zero attached hydrogens (tertiary/aromatic N) is 1. The third-order valence-corrected chi connectivity index (χ3v) is 1.62. The van der Waals surface area contributed by atoms with Gasteiger partial charge in [-0.15, -0.1) is 0 Å². The molecule has 14 heavy (non-hydrogen) atoms. The van der Waals surface area contributed by atoms with Crippen LogP contribution in [0.5, 0.6) is 0 Å². The Balaban J connectivity index is 2.61. The van der Waals surface area contributed by atoms with Crippen LogP contribution in [0.2, 0.25) is 0 Å². The summed E-state index contributed by atoms with van der Waals surface area (Å²) in [5.74, 6) is -2.25. The second kappa shape index (κ2) is 3.06. The summed E-state index contributed by atoms with van der Waals surface area (Å²) in [4.78, 5) is 12.7. The number of halogens is 2. The highest BCUT2D eigenvalue weighted by molar-refractivity contribution is 5.54. The van der Waals surface area contributed by atoms with Crippen molar-refractivity contribution in [1.82, 2.24) is 10.1 Å². The minimum Gasteiger partial charge on any atom is -0.296 e. The van der Waals surface area contributed by atoms with Crippen molar-refractivity contribution in [1.29, 1.82) is 0 Å². The number of aromatic amines is 1. The topological polar surface area (TPSA) is 58.9 Å². The Morgan fingerprint density at radius 1 is 1.36 bits per heavy atom. The van der Waals surface area contributed by atoms with E-state index in [0.29, 0.717) is 0 Å². The SMILES string of the molecule is O=c1[nH]c(-c2cc(F)ccc2F)no1. The van der Waals surface area contributed by atoms with E-state index in [2.05, 4.69) is 14.7 Å². The van der Waals surface area contributed by atoms with E-state index in [1.807, 2.05) is 0 Å². The summed E-state index contributed by atoms with van der Waals surface area (Å²) < 4.78 is 30.0. The van der Waals surface area contributed by atoms with Gasteiger partial charge in [-0.05, 0) is 18.2 Å². The lowest BCUT2D eigenvalue weighted by atomic mass is 10.2. The van der Waals surface area contributed by atoms with Gasteiger partial charge in [0.15, 0.2) is 5.82 Å². The Morgan fingerprint density at radius 2 is 2.14 bits per heavy atom. The first-order valence-electron chi connectivity index (χ1n) is 3.68. The number of hydrogen-bond acceptors (Lipinski definition) is 3. The minimum atomic E-state index is -0.816. The molecule has 0 atom stereocenters. The van der Waals surface area contributed by atoms with Gasteiger partial charge in [0.05, 0.1) is 5.56 Å². The summed E-state index contributed by atoms with van der Waals surface area (Å²) in [5, 5.41) is 3.24. The second-order valence-electron chi connectivity index (χ2n) is 2.57. The molecule has 2 aromatic rings. The Morgan fingerprint density at radius 3 is 2.79 bits per heavy atom. The summed E-state index contributed by atoms with van der Waals surface area (Å²) in [6.07, 6.45) is 0. The zero-order chi connectivity index (χ0) is 10.1.